The molecule has 1 aliphatic rings. The zero-order valence-corrected chi connectivity index (χ0v) is 29.6. The van der Waals surface area contributed by atoms with E-state index >= 15 is 0 Å². The number of non-ortho nitro benzene ring substituents is 2. The number of amides is 2. The molecule has 7 N–H and O–H groups in total. The summed E-state index contributed by atoms with van der Waals surface area (Å²) < 4.78 is 0. The number of nitro benzene ring substituents is 2. The predicted octanol–water partition coefficient (Wildman–Crippen LogP) is 3.56. The minimum absolute atomic E-state index is 0.00738. The van der Waals surface area contributed by atoms with Gasteiger partial charge >= 0.3 is 0 Å². The van der Waals surface area contributed by atoms with Gasteiger partial charge in [0.05, 0.1) is 50.9 Å². The molecule has 1 fully saturated rings. The topological polar surface area (TPSA) is 238 Å². The Kier molecular flexibility index (Phi) is 15.6. The number of anilines is 2. The van der Waals surface area contributed by atoms with E-state index in [1.54, 1.807) is 0 Å². The number of nitrogens with two attached hydrogens (primary N) is 1. The largest absolute Gasteiger partial charge is 0.872 e. The van der Waals surface area contributed by atoms with E-state index in [-0.39, 0.29) is 54.0 Å². The first-order chi connectivity index (χ1) is 24.2. The van der Waals surface area contributed by atoms with Crippen molar-refractivity contribution >= 4 is 81.0 Å². The highest BCUT2D eigenvalue weighted by Gasteiger charge is 2.15. The SMILES string of the molecule is O=C(Nc1ccc([N+](=O)[O-])cc1Cl)c1cc(Cl)ccc1[O-].O=C(Nc1ccc([N+](=O)[O-])cc1Cl)c1cc(Cl)ccc1[O-].[NH3+]CCN1CC[NH2+]CC1. The fourth-order valence-electron chi connectivity index (χ4n) is 4.43. The summed E-state index contributed by atoms with van der Waals surface area (Å²) in [6.07, 6.45) is 0. The van der Waals surface area contributed by atoms with Gasteiger partial charge in [0.25, 0.3) is 23.2 Å². The van der Waals surface area contributed by atoms with Gasteiger partial charge in [0.15, 0.2) is 0 Å². The Morgan fingerprint density at radius 2 is 1.12 bits per heavy atom. The van der Waals surface area contributed by atoms with Crippen LogP contribution in [0.25, 0.3) is 0 Å². The zero-order chi connectivity index (χ0) is 37.7. The Hall–Kier alpha value is -4.74. The van der Waals surface area contributed by atoms with Crippen LogP contribution in [0, 0.1) is 20.2 Å². The van der Waals surface area contributed by atoms with Crippen LogP contribution in [-0.2, 0) is 0 Å². The second-order valence-corrected chi connectivity index (χ2v) is 12.3. The maximum atomic E-state index is 12.0. The van der Waals surface area contributed by atoms with E-state index in [0.717, 1.165) is 18.7 Å². The van der Waals surface area contributed by atoms with Gasteiger partial charge < -0.3 is 31.9 Å². The number of nitrogens with one attached hydrogen (secondary N) is 2. The molecule has 4 aromatic carbocycles. The highest BCUT2D eigenvalue weighted by Crippen LogP contribution is 2.29. The number of benzene rings is 4. The second kappa shape index (κ2) is 19.6. The molecule has 1 saturated heterocycles. The maximum absolute atomic E-state index is 12.0. The van der Waals surface area contributed by atoms with Crippen molar-refractivity contribution in [3.63, 3.8) is 0 Å². The number of quaternary nitrogens is 2. The van der Waals surface area contributed by atoms with Crippen molar-refractivity contribution in [2.45, 2.75) is 0 Å². The summed E-state index contributed by atoms with van der Waals surface area (Å²) in [5.41, 5.74) is 3.46. The average molecular weight is 783 g/mol. The molecule has 1 aliphatic heterocycles. The molecule has 0 unspecified atom stereocenters. The van der Waals surface area contributed by atoms with Crippen LogP contribution in [0.2, 0.25) is 20.1 Å². The van der Waals surface area contributed by atoms with Crippen molar-refractivity contribution in [2.24, 2.45) is 0 Å². The molecule has 270 valence electrons. The van der Waals surface area contributed by atoms with E-state index < -0.39 is 33.2 Å². The lowest BCUT2D eigenvalue weighted by Gasteiger charge is -2.23. The van der Waals surface area contributed by atoms with Crippen molar-refractivity contribution in [1.29, 1.82) is 0 Å². The zero-order valence-electron chi connectivity index (χ0n) is 26.6. The number of halogens is 4. The summed E-state index contributed by atoms with van der Waals surface area (Å²) in [7, 11) is 0. The lowest BCUT2D eigenvalue weighted by Crippen LogP contribution is -2.89. The minimum Gasteiger partial charge on any atom is -0.872 e. The minimum atomic E-state index is -0.696. The smallest absolute Gasteiger partial charge is 0.271 e. The molecule has 2 amide bonds. The Morgan fingerprint density at radius 1 is 0.706 bits per heavy atom. The molecule has 19 heteroatoms. The highest BCUT2D eigenvalue weighted by atomic mass is 35.5. The lowest BCUT2D eigenvalue weighted by molar-refractivity contribution is -0.663. The maximum Gasteiger partial charge on any atom is 0.271 e. The molecule has 0 radical (unpaired) electrons. The molecule has 0 bridgehead atoms. The van der Waals surface area contributed by atoms with Gasteiger partial charge in [0.1, 0.15) is 0 Å². The van der Waals surface area contributed by atoms with E-state index in [1.807, 2.05) is 0 Å². The Bertz CT molecular complexity index is 1770. The van der Waals surface area contributed by atoms with Gasteiger partial charge in [-0.15, -0.1) is 0 Å². The van der Waals surface area contributed by atoms with E-state index in [1.165, 1.54) is 93.4 Å². The summed E-state index contributed by atoms with van der Waals surface area (Å²) in [4.78, 5) is 46.4. The third kappa shape index (κ3) is 12.5. The van der Waals surface area contributed by atoms with Gasteiger partial charge in [-0.05, 0) is 36.4 Å². The van der Waals surface area contributed by atoms with E-state index in [9.17, 15) is 40.0 Å². The number of nitrogens with zero attached hydrogens (tertiary/aromatic N) is 3. The normalized spacial score (nSPS) is 12.3. The molecule has 15 nitrogen and oxygen atoms in total. The number of rotatable bonds is 8. The molecule has 0 aliphatic carbocycles. The van der Waals surface area contributed by atoms with Crippen molar-refractivity contribution in [3.05, 3.63) is 124 Å². The molecule has 5 rings (SSSR count). The first-order valence-electron chi connectivity index (χ1n) is 15.0. The Morgan fingerprint density at radius 3 is 1.47 bits per heavy atom. The van der Waals surface area contributed by atoms with Crippen molar-refractivity contribution in [1.82, 2.24) is 4.90 Å². The Labute approximate surface area is 311 Å². The quantitative estimate of drug-likeness (QED) is 0.151. The van der Waals surface area contributed by atoms with Crippen LogP contribution in [0.5, 0.6) is 11.5 Å². The Balaban J connectivity index is 0.000000223. The number of hydrogen-bond acceptors (Lipinski definition) is 9. The molecular weight excluding hydrogens is 752 g/mol. The average Bonchev–Trinajstić information content (AvgIpc) is 3.09. The summed E-state index contributed by atoms with van der Waals surface area (Å²) in [5.74, 6) is -2.37. The molecule has 0 spiro atoms. The van der Waals surface area contributed by atoms with E-state index in [0.29, 0.717) is 0 Å². The first kappa shape index (κ1) is 40.7. The highest BCUT2D eigenvalue weighted by molar-refractivity contribution is 6.35. The van der Waals surface area contributed by atoms with Crippen LogP contribution >= 0.6 is 46.4 Å². The number of nitro groups is 2. The fourth-order valence-corrected chi connectivity index (χ4v) is 5.22. The van der Waals surface area contributed by atoms with Crippen LogP contribution in [-0.4, -0.2) is 65.8 Å². The van der Waals surface area contributed by atoms with Crippen molar-refractivity contribution in [2.75, 3.05) is 49.9 Å². The van der Waals surface area contributed by atoms with Crippen LogP contribution < -0.4 is 31.9 Å². The number of hydrogen-bond donors (Lipinski definition) is 4. The third-order valence-corrected chi connectivity index (χ3v) is 8.06. The van der Waals surface area contributed by atoms with Crippen LogP contribution in [0.4, 0.5) is 22.7 Å². The van der Waals surface area contributed by atoms with Gasteiger partial charge in [0.2, 0.25) is 0 Å². The third-order valence-electron chi connectivity index (χ3n) is 6.97. The van der Waals surface area contributed by atoms with Crippen molar-refractivity contribution < 1.29 is 40.7 Å². The fraction of sp³-hybridized carbons (Fsp3) is 0.188. The lowest BCUT2D eigenvalue weighted by atomic mass is 10.2. The number of carbonyl (C=O) groups is 2. The van der Waals surface area contributed by atoms with Gasteiger partial charge in [-0.3, -0.25) is 34.7 Å². The second-order valence-electron chi connectivity index (χ2n) is 10.6. The number of carbonyl (C=O) groups excluding carboxylic acids is 2. The summed E-state index contributed by atoms with van der Waals surface area (Å²) in [6.45, 7) is 7.32. The van der Waals surface area contributed by atoms with E-state index in [2.05, 4.69) is 26.6 Å². The summed E-state index contributed by atoms with van der Waals surface area (Å²) in [6, 6.07) is 14.7. The van der Waals surface area contributed by atoms with Gasteiger partial charge in [-0.1, -0.05) is 70.0 Å². The van der Waals surface area contributed by atoms with Crippen LogP contribution in [0.3, 0.4) is 0 Å². The van der Waals surface area contributed by atoms with Gasteiger partial charge in [-0.2, -0.15) is 0 Å². The van der Waals surface area contributed by atoms with Gasteiger partial charge in [0, 0.05) is 65.1 Å². The molecule has 0 saturated carbocycles. The molecule has 1 heterocycles. The van der Waals surface area contributed by atoms with E-state index in [4.69, 9.17) is 46.4 Å². The molecule has 4 aromatic rings. The van der Waals surface area contributed by atoms with Crippen LogP contribution in [0.1, 0.15) is 20.7 Å². The summed E-state index contributed by atoms with van der Waals surface area (Å²) in [5, 5.41) is 52.0. The monoisotopic (exact) mass is 781 g/mol. The summed E-state index contributed by atoms with van der Waals surface area (Å²) >= 11 is 23.2. The molecule has 0 aromatic heterocycles. The van der Waals surface area contributed by atoms with Crippen molar-refractivity contribution in [3.8, 4) is 11.5 Å². The standard InChI is InChI=1S/2C13H8Cl2N2O4.C6H15N3/c2*14-7-1-4-12(18)9(5-7)13(19)16-11-3-2-8(17(20)21)6-10(11)15;7-1-4-9-5-2-8-3-6-9/h2*1-6,18H,(H,16,19);8H,1-7H2. The first-order valence-corrected chi connectivity index (χ1v) is 16.5. The number of piperazine rings is 1. The molecule has 0 atom stereocenters. The molecule has 51 heavy (non-hydrogen) atoms. The molecular formula is C32H31Cl4N7O8. The van der Waals surface area contributed by atoms with Crippen LogP contribution in [0.15, 0.2) is 72.8 Å². The predicted molar refractivity (Wildman–Crippen MR) is 190 cm³/mol. The van der Waals surface area contributed by atoms with Gasteiger partial charge in [-0.25, -0.2) is 0 Å².